The second kappa shape index (κ2) is 16.7. The summed E-state index contributed by atoms with van der Waals surface area (Å²) in [4.78, 5) is 52.9. The lowest BCUT2D eigenvalue weighted by Crippen LogP contribution is -2.42. The number of fused-ring (bicyclic) bond motifs is 2. The van der Waals surface area contributed by atoms with Crippen LogP contribution in [-0.2, 0) is 25.6 Å². The second-order valence-corrected chi connectivity index (χ2v) is 15.2. The SMILES string of the molecule is C=C(F)C(=O)Nc1ccc2c(-c3ccccc3CNc3nc(NCC4CCN(C(=O)OC(C)OC(=O)C(C)(C)C)CC4)nc4c(C(C)C)cnn34)nccc2c1. The Morgan fingerprint density at radius 3 is 2.46 bits per heavy atom. The fraction of sp³-hybridized carbons (Fsp3) is 0.390. The molecule has 3 N–H and O–H groups in total. The van der Waals surface area contributed by atoms with Gasteiger partial charge < -0.3 is 30.3 Å². The van der Waals surface area contributed by atoms with Crippen molar-refractivity contribution in [3.63, 3.8) is 0 Å². The molecule has 2 amide bonds. The predicted molar refractivity (Wildman–Crippen MR) is 213 cm³/mol. The number of aromatic nitrogens is 5. The molecule has 1 aliphatic rings. The van der Waals surface area contributed by atoms with Crippen LogP contribution in [0.5, 0.6) is 0 Å². The number of esters is 1. The Morgan fingerprint density at radius 2 is 1.75 bits per heavy atom. The van der Waals surface area contributed by atoms with Crippen molar-refractivity contribution in [1.29, 1.82) is 0 Å². The zero-order valence-electron chi connectivity index (χ0n) is 32.6. The lowest BCUT2D eigenvalue weighted by molar-refractivity contribution is -0.175. The van der Waals surface area contributed by atoms with Gasteiger partial charge in [-0.25, -0.2) is 9.18 Å². The number of ether oxygens (including phenoxy) is 2. The monoisotopic (exact) mass is 765 g/mol. The van der Waals surface area contributed by atoms with Crippen molar-refractivity contribution in [2.75, 3.05) is 35.6 Å². The number of pyridine rings is 1. The van der Waals surface area contributed by atoms with E-state index >= 15 is 0 Å². The van der Waals surface area contributed by atoms with E-state index < -0.39 is 35.5 Å². The number of rotatable bonds is 12. The lowest BCUT2D eigenvalue weighted by Gasteiger charge is -2.32. The van der Waals surface area contributed by atoms with Gasteiger partial charge in [-0.15, -0.1) is 0 Å². The van der Waals surface area contributed by atoms with Gasteiger partial charge in [0.1, 0.15) is 0 Å². The smallest absolute Gasteiger partial charge is 0.412 e. The summed E-state index contributed by atoms with van der Waals surface area (Å²) in [5.41, 5.74) is 4.05. The number of nitrogens with zero attached hydrogens (tertiary/aromatic N) is 6. The Labute approximate surface area is 324 Å². The van der Waals surface area contributed by atoms with Crippen LogP contribution in [0.25, 0.3) is 27.7 Å². The summed E-state index contributed by atoms with van der Waals surface area (Å²) in [6.07, 6.45) is 3.53. The minimum atomic E-state index is -1.06. The predicted octanol–water partition coefficient (Wildman–Crippen LogP) is 7.69. The molecule has 5 aromatic rings. The molecule has 1 fully saturated rings. The Morgan fingerprint density at radius 1 is 1.00 bits per heavy atom. The van der Waals surface area contributed by atoms with Crippen molar-refractivity contribution >= 4 is 52.0 Å². The summed E-state index contributed by atoms with van der Waals surface area (Å²) in [7, 11) is 0. The maximum absolute atomic E-state index is 13.3. The first-order chi connectivity index (χ1) is 26.7. The van der Waals surface area contributed by atoms with Crippen LogP contribution in [0.4, 0.5) is 26.8 Å². The molecule has 2 aromatic carbocycles. The van der Waals surface area contributed by atoms with Gasteiger partial charge in [-0.1, -0.05) is 50.8 Å². The molecule has 0 bridgehead atoms. The number of carbonyl (C=O) groups is 3. The van der Waals surface area contributed by atoms with E-state index in [4.69, 9.17) is 24.4 Å². The number of hydrogen-bond donors (Lipinski definition) is 3. The van der Waals surface area contributed by atoms with E-state index in [1.165, 1.54) is 0 Å². The third-order valence-corrected chi connectivity index (χ3v) is 9.57. The van der Waals surface area contributed by atoms with E-state index in [0.717, 1.165) is 46.0 Å². The van der Waals surface area contributed by atoms with Crippen LogP contribution in [0.15, 0.2) is 73.3 Å². The van der Waals surface area contributed by atoms with Gasteiger partial charge in [-0.2, -0.15) is 19.6 Å². The van der Waals surface area contributed by atoms with E-state index in [2.05, 4.69) is 41.5 Å². The zero-order chi connectivity index (χ0) is 40.1. The number of hydrogen-bond acceptors (Lipinski definition) is 11. The van der Waals surface area contributed by atoms with E-state index in [1.54, 1.807) is 55.4 Å². The van der Waals surface area contributed by atoms with Crippen molar-refractivity contribution in [2.24, 2.45) is 11.3 Å². The molecule has 0 saturated carbocycles. The third kappa shape index (κ3) is 9.21. The molecule has 1 unspecified atom stereocenters. The molecule has 1 aliphatic heterocycles. The van der Waals surface area contributed by atoms with Gasteiger partial charge in [-0.05, 0) is 74.6 Å². The maximum atomic E-state index is 13.3. The Balaban J connectivity index is 1.14. The molecule has 0 radical (unpaired) electrons. The first-order valence-corrected chi connectivity index (χ1v) is 18.7. The number of likely N-dealkylation sites (tertiary alicyclic amines) is 1. The lowest BCUT2D eigenvalue weighted by atomic mass is 9.97. The molecular weight excluding hydrogens is 718 g/mol. The summed E-state index contributed by atoms with van der Waals surface area (Å²) in [6.45, 7) is 16.0. The van der Waals surface area contributed by atoms with Gasteiger partial charge in [-0.3, -0.25) is 14.6 Å². The number of amides is 2. The summed E-state index contributed by atoms with van der Waals surface area (Å²) < 4.78 is 25.7. The number of carbonyl (C=O) groups excluding carboxylic acids is 3. The molecule has 0 aliphatic carbocycles. The van der Waals surface area contributed by atoms with E-state index in [0.29, 0.717) is 49.4 Å². The molecule has 3 aromatic heterocycles. The summed E-state index contributed by atoms with van der Waals surface area (Å²) in [5, 5.41) is 15.8. The van der Waals surface area contributed by atoms with Gasteiger partial charge in [0.25, 0.3) is 5.91 Å². The molecule has 1 saturated heterocycles. The normalized spacial score (nSPS) is 14.1. The average Bonchev–Trinajstić information content (AvgIpc) is 3.60. The van der Waals surface area contributed by atoms with Crippen molar-refractivity contribution in [2.45, 2.75) is 73.1 Å². The van der Waals surface area contributed by atoms with E-state index in [9.17, 15) is 18.8 Å². The summed E-state index contributed by atoms with van der Waals surface area (Å²) >= 11 is 0. The van der Waals surface area contributed by atoms with Crippen LogP contribution in [0.3, 0.4) is 0 Å². The first-order valence-electron chi connectivity index (χ1n) is 18.7. The first kappa shape index (κ1) is 39.6. The maximum Gasteiger partial charge on any atom is 0.412 e. The van der Waals surface area contributed by atoms with Gasteiger partial charge in [0, 0.05) is 61.5 Å². The molecule has 4 heterocycles. The van der Waals surface area contributed by atoms with Gasteiger partial charge >= 0.3 is 12.1 Å². The van der Waals surface area contributed by atoms with Crippen LogP contribution in [-0.4, -0.2) is 73.4 Å². The zero-order valence-corrected chi connectivity index (χ0v) is 32.6. The van der Waals surface area contributed by atoms with Crippen LogP contribution in [0.2, 0.25) is 0 Å². The summed E-state index contributed by atoms with van der Waals surface area (Å²) in [5.74, 6) is -0.978. The van der Waals surface area contributed by atoms with Crippen molar-refractivity contribution in [3.05, 3.63) is 84.5 Å². The fourth-order valence-corrected chi connectivity index (χ4v) is 6.37. The van der Waals surface area contributed by atoms with Crippen molar-refractivity contribution < 1.29 is 28.2 Å². The minimum Gasteiger partial charge on any atom is -0.425 e. The molecule has 15 heteroatoms. The Hall–Kier alpha value is -6.12. The molecule has 0 spiro atoms. The van der Waals surface area contributed by atoms with Crippen LogP contribution >= 0.6 is 0 Å². The highest BCUT2D eigenvalue weighted by molar-refractivity contribution is 6.04. The highest BCUT2D eigenvalue weighted by atomic mass is 19.1. The molecular formula is C41H48FN9O5. The number of benzene rings is 2. The second-order valence-electron chi connectivity index (χ2n) is 15.2. The average molecular weight is 766 g/mol. The van der Waals surface area contributed by atoms with Gasteiger partial charge in [0.15, 0.2) is 11.5 Å². The number of halogens is 1. The van der Waals surface area contributed by atoms with Crippen LogP contribution in [0.1, 0.15) is 71.4 Å². The number of piperidine rings is 1. The van der Waals surface area contributed by atoms with E-state index in [1.807, 2.05) is 42.6 Å². The van der Waals surface area contributed by atoms with Crippen LogP contribution in [0, 0.1) is 11.3 Å². The molecule has 56 heavy (non-hydrogen) atoms. The fourth-order valence-electron chi connectivity index (χ4n) is 6.37. The van der Waals surface area contributed by atoms with E-state index in [-0.39, 0.29) is 11.8 Å². The molecule has 1 atom stereocenters. The largest absolute Gasteiger partial charge is 0.425 e. The standard InChI is InChI=1S/C41H48FN9O5/c1-24(2)33-23-46-51-35(33)48-38(44-21-27-15-18-50(19-16-27)40(54)56-26(4)55-37(53)41(5,6)7)49-39(51)45-22-29-10-8-9-11-31(29)34-32-13-12-30(47-36(52)25(3)42)20-28(32)14-17-43-34/h8-14,17,20,23-24,26-27H,3,15-16,18-19,21-22H2,1-2,4-7H3,(H,47,52)(H2,44,45,48,49). The molecule has 6 rings (SSSR count). The quantitative estimate of drug-likeness (QED) is 0.0648. The summed E-state index contributed by atoms with van der Waals surface area (Å²) in [6, 6.07) is 15.1. The number of anilines is 3. The highest BCUT2D eigenvalue weighted by Gasteiger charge is 2.29. The Bertz CT molecular complexity index is 2260. The van der Waals surface area contributed by atoms with Gasteiger partial charge in [0.2, 0.25) is 18.2 Å². The van der Waals surface area contributed by atoms with Gasteiger partial charge in [0.05, 0.1) is 17.3 Å². The molecule has 14 nitrogen and oxygen atoms in total. The molecule has 294 valence electrons. The third-order valence-electron chi connectivity index (χ3n) is 9.57. The van der Waals surface area contributed by atoms with Crippen molar-refractivity contribution in [3.8, 4) is 11.3 Å². The Kier molecular flexibility index (Phi) is 11.8. The highest BCUT2D eigenvalue weighted by Crippen LogP contribution is 2.32. The topological polar surface area (TPSA) is 165 Å². The minimum absolute atomic E-state index is 0.176. The van der Waals surface area contributed by atoms with Crippen LogP contribution < -0.4 is 16.0 Å². The number of nitrogens with one attached hydrogen (secondary N) is 3. The van der Waals surface area contributed by atoms with Crippen molar-refractivity contribution in [1.82, 2.24) is 29.5 Å².